The second kappa shape index (κ2) is 17.8. The molecule has 56 heavy (non-hydrogen) atoms. The van der Waals surface area contributed by atoms with Crippen molar-refractivity contribution in [2.75, 3.05) is 14.2 Å². The summed E-state index contributed by atoms with van der Waals surface area (Å²) in [5.41, 5.74) is 13.5. The van der Waals surface area contributed by atoms with Crippen molar-refractivity contribution in [2.45, 2.75) is 98.4 Å². The Morgan fingerprint density at radius 3 is 0.821 bits per heavy atom. The number of hydrogen-bond acceptors (Lipinski definition) is 6. The first-order valence-corrected chi connectivity index (χ1v) is 24.2. The van der Waals surface area contributed by atoms with Gasteiger partial charge in [0.1, 0.15) is 11.5 Å². The molecular weight excluding hydrogens is 761 g/mol. The zero-order chi connectivity index (χ0) is 39.5. The van der Waals surface area contributed by atoms with Gasteiger partial charge in [0.05, 0.1) is 14.2 Å². The molecule has 292 valence electrons. The molecule has 0 saturated carbocycles. The largest absolute Gasteiger partial charge is 0.496 e. The molecule has 0 spiro atoms. The first-order chi connectivity index (χ1) is 26.9. The molecule has 0 amide bonds. The monoisotopic (exact) mass is 816 g/mol. The third kappa shape index (κ3) is 9.92. The summed E-state index contributed by atoms with van der Waals surface area (Å²) in [6.45, 7) is 13.9. The minimum Gasteiger partial charge on any atom is -0.496 e. The maximum absolute atomic E-state index is 6.16. The zero-order valence-electron chi connectivity index (χ0n) is 34.3. The Hall–Kier alpha value is -3.16. The van der Waals surface area contributed by atoms with Gasteiger partial charge < -0.3 is 9.47 Å². The van der Waals surface area contributed by atoms with Gasteiger partial charge in [0, 0.05) is 68.3 Å². The molecule has 12 bridgehead atoms. The van der Waals surface area contributed by atoms with E-state index in [1.165, 1.54) is 77.2 Å². The maximum Gasteiger partial charge on any atom is 0.126 e. The fourth-order valence-electron chi connectivity index (χ4n) is 7.49. The number of hydrogen-bond donors (Lipinski definition) is 0. The lowest BCUT2D eigenvalue weighted by Gasteiger charge is -2.24. The molecule has 0 aromatic heterocycles. The molecule has 0 atom stereocenters. The van der Waals surface area contributed by atoms with Gasteiger partial charge in [0.15, 0.2) is 0 Å². The molecule has 6 aromatic carbocycles. The van der Waals surface area contributed by atoms with Gasteiger partial charge in [-0.3, -0.25) is 0 Å². The quantitative estimate of drug-likeness (QED) is 0.172. The molecule has 0 saturated heterocycles. The minimum atomic E-state index is 0.0562. The van der Waals surface area contributed by atoms with Crippen LogP contribution in [0.25, 0.3) is 21.5 Å². The van der Waals surface area contributed by atoms with Crippen LogP contribution in [0.1, 0.15) is 97.2 Å². The van der Waals surface area contributed by atoms with Crippen molar-refractivity contribution in [3.8, 4) is 11.5 Å². The van der Waals surface area contributed by atoms with E-state index in [1.807, 2.05) is 61.3 Å². The van der Waals surface area contributed by atoms with Crippen LogP contribution in [0, 0.1) is 0 Å². The van der Waals surface area contributed by atoms with E-state index < -0.39 is 0 Å². The van der Waals surface area contributed by atoms with Gasteiger partial charge in [-0.15, -0.1) is 0 Å². The van der Waals surface area contributed by atoms with Crippen molar-refractivity contribution >= 4 is 68.6 Å². The number of benzene rings is 6. The average molecular weight is 817 g/mol. The summed E-state index contributed by atoms with van der Waals surface area (Å²) in [6, 6.07) is 37.5. The third-order valence-electron chi connectivity index (χ3n) is 10.7. The molecule has 8 heterocycles. The summed E-state index contributed by atoms with van der Waals surface area (Å²) in [7, 11) is 3.67. The van der Waals surface area contributed by atoms with Crippen molar-refractivity contribution in [2.24, 2.45) is 0 Å². The van der Waals surface area contributed by atoms with Crippen LogP contribution in [0.5, 0.6) is 11.5 Å². The second-order valence-electron chi connectivity index (χ2n) is 17.2. The molecule has 0 fully saturated rings. The van der Waals surface area contributed by atoms with Crippen LogP contribution in [-0.2, 0) is 56.9 Å². The molecule has 6 aromatic rings. The molecule has 2 nitrogen and oxygen atoms in total. The van der Waals surface area contributed by atoms with Crippen LogP contribution in [0.3, 0.4) is 0 Å². The molecule has 0 aliphatic carbocycles. The fourth-order valence-corrected chi connectivity index (χ4v) is 11.3. The zero-order valence-corrected chi connectivity index (χ0v) is 37.6. The van der Waals surface area contributed by atoms with Crippen LogP contribution < -0.4 is 9.47 Å². The maximum atomic E-state index is 6.16. The first-order valence-electron chi connectivity index (χ1n) is 19.6. The lowest BCUT2D eigenvalue weighted by molar-refractivity contribution is 0.407. The summed E-state index contributed by atoms with van der Waals surface area (Å²) in [5, 5.41) is 5.22. The van der Waals surface area contributed by atoms with Crippen molar-refractivity contribution < 1.29 is 9.47 Å². The summed E-state index contributed by atoms with van der Waals surface area (Å²) in [5.74, 6) is 9.57. The summed E-state index contributed by atoms with van der Waals surface area (Å²) in [4.78, 5) is 0. The number of ether oxygens (including phenoxy) is 2. The van der Waals surface area contributed by atoms with Crippen LogP contribution >= 0.6 is 47.0 Å². The van der Waals surface area contributed by atoms with Crippen LogP contribution in [-0.4, -0.2) is 14.2 Å². The van der Waals surface area contributed by atoms with Gasteiger partial charge in [-0.1, -0.05) is 139 Å². The standard InChI is InChI=1S/C50H56O2S4/c1-49(2,3)45-21-41-29-53-25-33-9-13-39-19-35(11-15-37(39)17-33)27-55-31-43-23-46(50(4,5)6)24-44(48(43)52-8)32-56-28-36-12-16-38-18-34(10-14-40(38)20-36)26-54-30-42(22-45)47(41)51-7/h9-24H,25-32H2,1-8H3. The molecule has 14 rings (SSSR count). The number of methoxy groups -OCH3 is 2. The van der Waals surface area contributed by atoms with E-state index in [-0.39, 0.29) is 10.8 Å². The van der Waals surface area contributed by atoms with Crippen LogP contribution in [0.4, 0.5) is 0 Å². The van der Waals surface area contributed by atoms with Crippen molar-refractivity contribution in [3.63, 3.8) is 0 Å². The Morgan fingerprint density at radius 2 is 0.607 bits per heavy atom. The van der Waals surface area contributed by atoms with Crippen molar-refractivity contribution in [1.82, 2.24) is 0 Å². The van der Waals surface area contributed by atoms with E-state index in [0.717, 1.165) is 57.5 Å². The SMILES string of the molecule is COc1c2cc(C(C)(C)C)cc1CSCc1ccc3cc(ccc3c1)CSCc1cc(C(C)(C)C)cc(c1OC)CSCc1ccc3cc(ccc3c1)CSC2. The molecule has 0 radical (unpaired) electrons. The topological polar surface area (TPSA) is 18.5 Å². The fraction of sp³-hybridized carbons (Fsp3) is 0.360. The van der Waals surface area contributed by atoms with E-state index in [1.54, 1.807) is 0 Å². The Labute approximate surface area is 352 Å². The van der Waals surface area contributed by atoms with Gasteiger partial charge in [-0.05, 0) is 65.8 Å². The Kier molecular flexibility index (Phi) is 13.0. The van der Waals surface area contributed by atoms with Crippen LogP contribution in [0.15, 0.2) is 97.1 Å². The van der Waals surface area contributed by atoms with E-state index in [9.17, 15) is 0 Å². The van der Waals surface area contributed by atoms with E-state index in [2.05, 4.69) is 139 Å². The van der Waals surface area contributed by atoms with E-state index >= 15 is 0 Å². The highest BCUT2D eigenvalue weighted by atomic mass is 32.2. The first kappa shape index (κ1) is 41.0. The summed E-state index contributed by atoms with van der Waals surface area (Å²) in [6.07, 6.45) is 0. The molecule has 0 N–H and O–H groups in total. The predicted octanol–water partition coefficient (Wildman–Crippen LogP) is 14.7. The van der Waals surface area contributed by atoms with Gasteiger partial charge in [0.2, 0.25) is 0 Å². The average Bonchev–Trinajstić information content (AvgIpc) is 3.16. The molecule has 8 aliphatic rings. The highest BCUT2D eigenvalue weighted by molar-refractivity contribution is 7.98. The number of rotatable bonds is 2. The highest BCUT2D eigenvalue weighted by Crippen LogP contribution is 2.39. The minimum absolute atomic E-state index is 0.0562. The second-order valence-corrected chi connectivity index (χ2v) is 21.1. The summed E-state index contributed by atoms with van der Waals surface area (Å²) >= 11 is 7.88. The normalized spacial score (nSPS) is 15.0. The van der Waals surface area contributed by atoms with E-state index in [0.29, 0.717) is 0 Å². The van der Waals surface area contributed by atoms with Gasteiger partial charge in [0.25, 0.3) is 0 Å². The van der Waals surface area contributed by atoms with Gasteiger partial charge >= 0.3 is 0 Å². The smallest absolute Gasteiger partial charge is 0.126 e. The Balaban J connectivity index is 1.20. The van der Waals surface area contributed by atoms with E-state index in [4.69, 9.17) is 9.47 Å². The van der Waals surface area contributed by atoms with Crippen molar-refractivity contribution in [1.29, 1.82) is 0 Å². The predicted molar refractivity (Wildman–Crippen MR) is 251 cm³/mol. The molecule has 8 aliphatic heterocycles. The van der Waals surface area contributed by atoms with Crippen LogP contribution in [0.2, 0.25) is 0 Å². The van der Waals surface area contributed by atoms with Gasteiger partial charge in [-0.2, -0.15) is 47.0 Å². The molecule has 6 heteroatoms. The third-order valence-corrected chi connectivity index (χ3v) is 14.9. The summed E-state index contributed by atoms with van der Waals surface area (Å²) < 4.78 is 12.3. The lowest BCUT2D eigenvalue weighted by atomic mass is 9.85. The Bertz CT molecular complexity index is 2030. The number of thioether (sulfide) groups is 4. The van der Waals surface area contributed by atoms with Crippen molar-refractivity contribution in [3.05, 3.63) is 153 Å². The highest BCUT2D eigenvalue weighted by Gasteiger charge is 2.21. The Morgan fingerprint density at radius 1 is 0.357 bits per heavy atom. The molecule has 0 unspecified atom stereocenters. The lowest BCUT2D eigenvalue weighted by Crippen LogP contribution is -2.13. The van der Waals surface area contributed by atoms with Gasteiger partial charge in [-0.25, -0.2) is 0 Å². The molecular formula is C50H56O2S4.